The van der Waals surface area contributed by atoms with Gasteiger partial charge in [0.2, 0.25) is 0 Å². The van der Waals surface area contributed by atoms with E-state index in [4.69, 9.17) is 10.6 Å². The van der Waals surface area contributed by atoms with E-state index in [2.05, 4.69) is 18.7 Å². The van der Waals surface area contributed by atoms with Crippen LogP contribution in [-0.2, 0) is 0 Å². The highest BCUT2D eigenvalue weighted by atomic mass is 16.5. The molecule has 2 rings (SSSR count). The summed E-state index contributed by atoms with van der Waals surface area (Å²) in [5.74, 6) is 6.59. The van der Waals surface area contributed by atoms with Gasteiger partial charge in [-0.2, -0.15) is 0 Å². The molecular weight excluding hydrogens is 266 g/mol. The standard InChI is InChI=1S/C16H25N3O2/c1-12(2)18-9-7-14(8-10-18)19(17)16(20)13-5-4-6-15(11-13)21-3/h4-6,11-12,14H,7-10,17H2,1-3H3. The Bertz CT molecular complexity index is 482. The topological polar surface area (TPSA) is 58.8 Å². The first kappa shape index (κ1) is 15.8. The zero-order valence-corrected chi connectivity index (χ0v) is 13.1. The van der Waals surface area contributed by atoms with Gasteiger partial charge in [-0.25, -0.2) is 5.84 Å². The monoisotopic (exact) mass is 291 g/mol. The zero-order valence-electron chi connectivity index (χ0n) is 13.1. The lowest BCUT2D eigenvalue weighted by atomic mass is 10.0. The summed E-state index contributed by atoms with van der Waals surface area (Å²) in [6.45, 7) is 6.37. The van der Waals surface area contributed by atoms with Crippen LogP contribution in [-0.4, -0.2) is 48.1 Å². The summed E-state index contributed by atoms with van der Waals surface area (Å²) in [5, 5.41) is 1.40. The number of hydrazine groups is 1. The third-order valence-electron chi connectivity index (χ3n) is 4.17. The van der Waals surface area contributed by atoms with E-state index in [1.807, 2.05) is 6.07 Å². The number of hydrogen-bond acceptors (Lipinski definition) is 4. The van der Waals surface area contributed by atoms with E-state index in [1.54, 1.807) is 25.3 Å². The number of carbonyl (C=O) groups is 1. The minimum atomic E-state index is -0.142. The lowest BCUT2D eigenvalue weighted by Crippen LogP contribution is -2.51. The number of rotatable bonds is 4. The summed E-state index contributed by atoms with van der Waals surface area (Å²) in [7, 11) is 1.59. The molecule has 1 aromatic rings. The Hall–Kier alpha value is -1.59. The van der Waals surface area contributed by atoms with Gasteiger partial charge in [-0.15, -0.1) is 0 Å². The maximum Gasteiger partial charge on any atom is 0.268 e. The minimum absolute atomic E-state index is 0.110. The molecular formula is C16H25N3O2. The summed E-state index contributed by atoms with van der Waals surface area (Å²) in [5.41, 5.74) is 0.572. The number of likely N-dealkylation sites (tertiary alicyclic amines) is 1. The third-order valence-corrected chi connectivity index (χ3v) is 4.17. The van der Waals surface area contributed by atoms with E-state index in [0.717, 1.165) is 25.9 Å². The molecule has 0 atom stereocenters. The van der Waals surface area contributed by atoms with Gasteiger partial charge in [0.1, 0.15) is 5.75 Å². The first-order valence-electron chi connectivity index (χ1n) is 7.49. The number of piperidine rings is 1. The molecule has 21 heavy (non-hydrogen) atoms. The summed E-state index contributed by atoms with van der Waals surface area (Å²) in [6, 6.07) is 7.78. The van der Waals surface area contributed by atoms with Gasteiger partial charge < -0.3 is 9.64 Å². The highest BCUT2D eigenvalue weighted by Gasteiger charge is 2.27. The van der Waals surface area contributed by atoms with Crippen molar-refractivity contribution < 1.29 is 9.53 Å². The first-order valence-corrected chi connectivity index (χ1v) is 7.49. The SMILES string of the molecule is COc1cccc(C(=O)N(N)C2CCN(C(C)C)CC2)c1. The first-order chi connectivity index (χ1) is 10.0. The molecule has 0 radical (unpaired) electrons. The van der Waals surface area contributed by atoms with Crippen molar-refractivity contribution in [1.82, 2.24) is 9.91 Å². The highest BCUT2D eigenvalue weighted by Crippen LogP contribution is 2.19. The van der Waals surface area contributed by atoms with Crippen LogP contribution in [0.5, 0.6) is 5.75 Å². The number of methoxy groups -OCH3 is 1. The van der Waals surface area contributed by atoms with Gasteiger partial charge in [0, 0.05) is 24.7 Å². The average Bonchev–Trinajstić information content (AvgIpc) is 2.53. The van der Waals surface area contributed by atoms with E-state index in [-0.39, 0.29) is 11.9 Å². The molecule has 1 aliphatic heterocycles. The molecule has 1 amide bonds. The summed E-state index contributed by atoms with van der Waals surface area (Å²) in [4.78, 5) is 14.9. The summed E-state index contributed by atoms with van der Waals surface area (Å²) in [6.07, 6.45) is 1.84. The van der Waals surface area contributed by atoms with Crippen molar-refractivity contribution in [2.24, 2.45) is 5.84 Å². The maximum atomic E-state index is 12.5. The smallest absolute Gasteiger partial charge is 0.268 e. The van der Waals surface area contributed by atoms with Crippen molar-refractivity contribution in [3.05, 3.63) is 29.8 Å². The lowest BCUT2D eigenvalue weighted by Gasteiger charge is -2.38. The second-order valence-corrected chi connectivity index (χ2v) is 5.81. The molecule has 5 nitrogen and oxygen atoms in total. The molecule has 2 N–H and O–H groups in total. The van der Waals surface area contributed by atoms with E-state index < -0.39 is 0 Å². The number of nitrogens with zero attached hydrogens (tertiary/aromatic N) is 2. The van der Waals surface area contributed by atoms with Gasteiger partial charge in [-0.3, -0.25) is 9.80 Å². The van der Waals surface area contributed by atoms with Crippen molar-refractivity contribution in [3.63, 3.8) is 0 Å². The van der Waals surface area contributed by atoms with Gasteiger partial charge in [0.25, 0.3) is 5.91 Å². The van der Waals surface area contributed by atoms with Crippen LogP contribution in [0.1, 0.15) is 37.0 Å². The number of nitrogens with two attached hydrogens (primary N) is 1. The van der Waals surface area contributed by atoms with Gasteiger partial charge >= 0.3 is 0 Å². The van der Waals surface area contributed by atoms with Crippen molar-refractivity contribution >= 4 is 5.91 Å². The van der Waals surface area contributed by atoms with E-state index in [0.29, 0.717) is 17.4 Å². The lowest BCUT2D eigenvalue weighted by molar-refractivity contribution is 0.0541. The largest absolute Gasteiger partial charge is 0.497 e. The van der Waals surface area contributed by atoms with Crippen LogP contribution in [0.4, 0.5) is 0 Å². The van der Waals surface area contributed by atoms with Crippen LogP contribution >= 0.6 is 0 Å². The molecule has 0 saturated carbocycles. The van der Waals surface area contributed by atoms with Gasteiger partial charge in [0.05, 0.1) is 13.2 Å². The molecule has 0 aliphatic carbocycles. The third kappa shape index (κ3) is 3.74. The minimum Gasteiger partial charge on any atom is -0.497 e. The highest BCUT2D eigenvalue weighted by molar-refractivity contribution is 5.94. The van der Waals surface area contributed by atoms with Crippen LogP contribution in [0, 0.1) is 0 Å². The Labute approximate surface area is 126 Å². The fourth-order valence-electron chi connectivity index (χ4n) is 2.75. The number of carbonyl (C=O) groups excluding carboxylic acids is 1. The molecule has 0 spiro atoms. The number of amides is 1. The van der Waals surface area contributed by atoms with Crippen LogP contribution in [0.3, 0.4) is 0 Å². The molecule has 0 aromatic heterocycles. The summed E-state index contributed by atoms with van der Waals surface area (Å²) < 4.78 is 5.15. The van der Waals surface area contributed by atoms with Crippen molar-refractivity contribution in [2.45, 2.75) is 38.8 Å². The predicted octanol–water partition coefficient (Wildman–Crippen LogP) is 1.88. The molecule has 0 unspecified atom stereocenters. The summed E-state index contributed by atoms with van der Waals surface area (Å²) >= 11 is 0. The molecule has 116 valence electrons. The normalized spacial score (nSPS) is 17.0. The van der Waals surface area contributed by atoms with Crippen LogP contribution in [0.25, 0.3) is 0 Å². The van der Waals surface area contributed by atoms with Gasteiger partial charge in [-0.1, -0.05) is 6.07 Å². The average molecular weight is 291 g/mol. The number of ether oxygens (including phenoxy) is 1. The molecule has 0 bridgehead atoms. The van der Waals surface area contributed by atoms with Gasteiger partial charge in [-0.05, 0) is 44.9 Å². The van der Waals surface area contributed by atoms with Crippen molar-refractivity contribution in [2.75, 3.05) is 20.2 Å². The van der Waals surface area contributed by atoms with E-state index in [1.165, 1.54) is 5.01 Å². The second-order valence-electron chi connectivity index (χ2n) is 5.81. The van der Waals surface area contributed by atoms with Gasteiger partial charge in [0.15, 0.2) is 0 Å². The molecule has 1 aliphatic rings. The van der Waals surface area contributed by atoms with Crippen molar-refractivity contribution in [3.8, 4) is 5.75 Å². The van der Waals surface area contributed by atoms with Crippen LogP contribution in [0.2, 0.25) is 0 Å². The quantitative estimate of drug-likeness (QED) is 0.523. The number of hydrogen-bond donors (Lipinski definition) is 1. The fraction of sp³-hybridized carbons (Fsp3) is 0.562. The maximum absolute atomic E-state index is 12.5. The van der Waals surface area contributed by atoms with E-state index >= 15 is 0 Å². The Morgan fingerprint density at radius 1 is 1.38 bits per heavy atom. The molecule has 1 saturated heterocycles. The molecule has 5 heteroatoms. The van der Waals surface area contributed by atoms with Crippen LogP contribution < -0.4 is 10.6 Å². The predicted molar refractivity (Wildman–Crippen MR) is 83.1 cm³/mol. The Kier molecular flexibility index (Phi) is 5.20. The molecule has 1 heterocycles. The fourth-order valence-corrected chi connectivity index (χ4v) is 2.75. The Morgan fingerprint density at radius 2 is 2.05 bits per heavy atom. The molecule has 1 aromatic carbocycles. The zero-order chi connectivity index (χ0) is 15.4. The van der Waals surface area contributed by atoms with Crippen molar-refractivity contribution in [1.29, 1.82) is 0 Å². The number of benzene rings is 1. The molecule has 1 fully saturated rings. The van der Waals surface area contributed by atoms with E-state index in [9.17, 15) is 4.79 Å². The van der Waals surface area contributed by atoms with Crippen LogP contribution in [0.15, 0.2) is 24.3 Å². The Balaban J connectivity index is 1.99. The Morgan fingerprint density at radius 3 is 2.62 bits per heavy atom. The second kappa shape index (κ2) is 6.91.